The number of aliphatic carboxylic acids is 1. The van der Waals surface area contributed by atoms with Crippen LogP contribution in [0.4, 0.5) is 0 Å². The van der Waals surface area contributed by atoms with E-state index in [1.807, 2.05) is 0 Å². The average molecular weight is 499 g/mol. The summed E-state index contributed by atoms with van der Waals surface area (Å²) >= 11 is 0. The Morgan fingerprint density at radius 1 is 0.600 bits per heavy atom. The number of hydrogen-bond acceptors (Lipinski definition) is 7. The van der Waals surface area contributed by atoms with Crippen LogP contribution in [0.5, 0.6) is 0 Å². The summed E-state index contributed by atoms with van der Waals surface area (Å²) in [5.74, 6) is -1.60. The highest BCUT2D eigenvalue weighted by Crippen LogP contribution is 2.19. The second kappa shape index (κ2) is 13.9. The predicted octanol–water partition coefficient (Wildman–Crippen LogP) is 2.97. The van der Waals surface area contributed by atoms with Crippen molar-refractivity contribution in [2.45, 2.75) is 62.3 Å². The summed E-state index contributed by atoms with van der Waals surface area (Å²) in [5, 5.41) is 8.85. The fraction of sp³-hybridized carbons (Fsp3) is 0.926. The number of hydrogen-bond donors (Lipinski definition) is 1. The molecular weight excluding hydrogens is 444 g/mol. The van der Waals surface area contributed by atoms with Crippen LogP contribution in [0, 0.1) is 16.2 Å². The van der Waals surface area contributed by atoms with Gasteiger partial charge in [0.25, 0.3) is 0 Å². The summed E-state index contributed by atoms with van der Waals surface area (Å²) in [6.07, 6.45) is 0. The Morgan fingerprint density at radius 2 is 0.886 bits per heavy atom. The number of ether oxygens (including phenoxy) is 1. The Kier molecular flexibility index (Phi) is 12.6. The highest BCUT2D eigenvalue weighted by Gasteiger charge is 2.24. The fourth-order valence-electron chi connectivity index (χ4n) is 4.59. The topological polar surface area (TPSA) is 76.6 Å². The molecule has 1 N–H and O–H groups in total. The largest absolute Gasteiger partial charge is 0.479 e. The first-order valence-corrected chi connectivity index (χ1v) is 13.2. The Labute approximate surface area is 214 Å². The van der Waals surface area contributed by atoms with Gasteiger partial charge in [0, 0.05) is 72.0 Å². The Morgan fingerprint density at radius 3 is 1.14 bits per heavy atom. The standard InChI is InChI=1S/C27H54N4O4/c1-25(2,3)20-29-12-10-28(18-24(34)35-19-23(32)33)11-13-30(21-26(4,5)6)15-17-31(16-14-29)22-27(7,8)9/h10-22H2,1-9H3,(H,32,33). The zero-order valence-corrected chi connectivity index (χ0v) is 24.2. The maximum atomic E-state index is 12.3. The third-order valence-electron chi connectivity index (χ3n) is 5.73. The number of esters is 1. The minimum absolute atomic E-state index is 0.121. The van der Waals surface area contributed by atoms with Crippen molar-refractivity contribution in [2.24, 2.45) is 16.2 Å². The van der Waals surface area contributed by atoms with E-state index in [0.717, 1.165) is 72.0 Å². The summed E-state index contributed by atoms with van der Waals surface area (Å²) in [6.45, 7) is 30.4. The number of nitrogens with zero attached hydrogens (tertiary/aromatic N) is 4. The molecule has 0 aliphatic carbocycles. The van der Waals surface area contributed by atoms with Gasteiger partial charge in [-0.1, -0.05) is 62.3 Å². The van der Waals surface area contributed by atoms with Gasteiger partial charge in [-0.25, -0.2) is 4.79 Å². The first-order chi connectivity index (χ1) is 15.9. The molecule has 1 aliphatic heterocycles. The van der Waals surface area contributed by atoms with E-state index in [2.05, 4.69) is 81.9 Å². The van der Waals surface area contributed by atoms with Gasteiger partial charge >= 0.3 is 11.9 Å². The number of carbonyl (C=O) groups is 2. The van der Waals surface area contributed by atoms with E-state index in [1.165, 1.54) is 0 Å². The predicted molar refractivity (Wildman–Crippen MR) is 143 cm³/mol. The lowest BCUT2D eigenvalue weighted by Crippen LogP contribution is -2.50. The number of rotatable bonds is 7. The monoisotopic (exact) mass is 498 g/mol. The van der Waals surface area contributed by atoms with Crippen molar-refractivity contribution >= 4 is 11.9 Å². The number of carbonyl (C=O) groups excluding carboxylic acids is 1. The lowest BCUT2D eigenvalue weighted by atomic mass is 9.95. The van der Waals surface area contributed by atoms with E-state index in [4.69, 9.17) is 9.84 Å². The highest BCUT2D eigenvalue weighted by molar-refractivity contribution is 5.76. The molecule has 1 aliphatic rings. The smallest absolute Gasteiger partial charge is 0.341 e. The quantitative estimate of drug-likeness (QED) is 0.537. The summed E-state index contributed by atoms with van der Waals surface area (Å²) in [4.78, 5) is 32.9. The molecule has 0 aromatic rings. The van der Waals surface area contributed by atoms with Gasteiger partial charge in [0.15, 0.2) is 6.61 Å². The van der Waals surface area contributed by atoms with Crippen LogP contribution in [0.25, 0.3) is 0 Å². The second-order valence-corrected chi connectivity index (χ2v) is 13.8. The molecule has 0 saturated carbocycles. The molecule has 0 bridgehead atoms. The van der Waals surface area contributed by atoms with Gasteiger partial charge in [-0.05, 0) is 16.2 Å². The van der Waals surface area contributed by atoms with Crippen LogP contribution in [0.15, 0.2) is 0 Å². The molecule has 0 spiro atoms. The molecule has 0 aromatic carbocycles. The van der Waals surface area contributed by atoms with Crippen molar-refractivity contribution in [3.63, 3.8) is 0 Å². The second-order valence-electron chi connectivity index (χ2n) is 13.8. The van der Waals surface area contributed by atoms with Gasteiger partial charge in [-0.15, -0.1) is 0 Å². The van der Waals surface area contributed by atoms with Gasteiger partial charge in [0.05, 0.1) is 6.54 Å². The lowest BCUT2D eigenvalue weighted by Gasteiger charge is -2.38. The van der Waals surface area contributed by atoms with Crippen LogP contribution in [-0.4, -0.2) is 122 Å². The Balaban J connectivity index is 3.04. The molecule has 8 nitrogen and oxygen atoms in total. The van der Waals surface area contributed by atoms with Crippen molar-refractivity contribution in [3.8, 4) is 0 Å². The van der Waals surface area contributed by atoms with Crippen molar-refractivity contribution in [1.82, 2.24) is 19.6 Å². The molecule has 206 valence electrons. The molecule has 0 aromatic heterocycles. The molecule has 0 unspecified atom stereocenters. The van der Waals surface area contributed by atoms with E-state index < -0.39 is 18.5 Å². The molecule has 1 fully saturated rings. The van der Waals surface area contributed by atoms with Crippen LogP contribution < -0.4 is 0 Å². The van der Waals surface area contributed by atoms with Crippen molar-refractivity contribution in [1.29, 1.82) is 0 Å². The van der Waals surface area contributed by atoms with Crippen LogP contribution in [0.2, 0.25) is 0 Å². The van der Waals surface area contributed by atoms with E-state index in [9.17, 15) is 9.59 Å². The summed E-state index contributed by atoms with van der Waals surface area (Å²) in [7, 11) is 0. The maximum Gasteiger partial charge on any atom is 0.341 e. The molecule has 0 amide bonds. The normalized spacial score (nSPS) is 19.7. The van der Waals surface area contributed by atoms with E-state index >= 15 is 0 Å². The van der Waals surface area contributed by atoms with Crippen LogP contribution >= 0.6 is 0 Å². The number of carboxylic acids is 1. The first kappa shape index (κ1) is 31.8. The van der Waals surface area contributed by atoms with Crippen LogP contribution in [0.3, 0.4) is 0 Å². The molecule has 8 heteroatoms. The van der Waals surface area contributed by atoms with Gasteiger partial charge in [0.1, 0.15) is 0 Å². The zero-order chi connectivity index (χ0) is 26.9. The molecule has 0 radical (unpaired) electrons. The summed E-state index contributed by atoms with van der Waals surface area (Å²) in [6, 6.07) is 0. The SMILES string of the molecule is CC(C)(C)CN1CCN(CC(=O)OCC(=O)O)CCN(CC(C)(C)C)CCN(CC(C)(C)C)CC1. The molecule has 0 atom stereocenters. The fourth-order valence-corrected chi connectivity index (χ4v) is 4.59. The Hall–Kier alpha value is -1.22. The zero-order valence-electron chi connectivity index (χ0n) is 24.2. The van der Waals surface area contributed by atoms with Gasteiger partial charge in [-0.3, -0.25) is 9.69 Å². The molecular formula is C27H54N4O4. The highest BCUT2D eigenvalue weighted by atomic mass is 16.5. The lowest BCUT2D eigenvalue weighted by molar-refractivity contribution is -0.155. The van der Waals surface area contributed by atoms with Crippen LogP contribution in [-0.2, 0) is 14.3 Å². The number of carboxylic acid groups (broad SMARTS) is 1. The van der Waals surface area contributed by atoms with Crippen molar-refractivity contribution in [2.75, 3.05) is 85.1 Å². The summed E-state index contributed by atoms with van der Waals surface area (Å²) in [5.41, 5.74) is 0.606. The summed E-state index contributed by atoms with van der Waals surface area (Å²) < 4.78 is 4.94. The molecule has 1 rings (SSSR count). The van der Waals surface area contributed by atoms with Gasteiger partial charge in [0.2, 0.25) is 0 Å². The molecule has 1 saturated heterocycles. The molecule has 35 heavy (non-hydrogen) atoms. The van der Waals surface area contributed by atoms with Crippen molar-refractivity contribution < 1.29 is 19.4 Å². The van der Waals surface area contributed by atoms with Crippen molar-refractivity contribution in [3.05, 3.63) is 0 Å². The molecule has 1 heterocycles. The minimum Gasteiger partial charge on any atom is -0.479 e. The van der Waals surface area contributed by atoms with Crippen LogP contribution in [0.1, 0.15) is 62.3 Å². The minimum atomic E-state index is -1.13. The first-order valence-electron chi connectivity index (χ1n) is 13.2. The average Bonchev–Trinajstić information content (AvgIpc) is 2.65. The Bertz CT molecular complexity index is 617. The maximum absolute atomic E-state index is 12.3. The van der Waals surface area contributed by atoms with Gasteiger partial charge in [-0.2, -0.15) is 0 Å². The van der Waals surface area contributed by atoms with E-state index in [-0.39, 0.29) is 22.8 Å². The third-order valence-corrected chi connectivity index (χ3v) is 5.73. The van der Waals surface area contributed by atoms with E-state index in [1.54, 1.807) is 0 Å². The van der Waals surface area contributed by atoms with E-state index in [0.29, 0.717) is 0 Å². The van der Waals surface area contributed by atoms with Gasteiger partial charge < -0.3 is 24.5 Å². The third kappa shape index (κ3) is 17.0.